The van der Waals surface area contributed by atoms with Crippen molar-refractivity contribution in [1.29, 1.82) is 0 Å². The van der Waals surface area contributed by atoms with Gasteiger partial charge in [0.2, 0.25) is 0 Å². The predicted molar refractivity (Wildman–Crippen MR) is 172 cm³/mol. The van der Waals surface area contributed by atoms with E-state index in [1.54, 1.807) is 25.4 Å². The molecule has 0 unspecified atom stereocenters. The summed E-state index contributed by atoms with van der Waals surface area (Å²) in [5.74, 6) is 1.29. The molecule has 2 aromatic carbocycles. The highest BCUT2D eigenvalue weighted by Gasteiger charge is 2.46. The zero-order valence-corrected chi connectivity index (χ0v) is 27.2. The Bertz CT molecular complexity index is 1830. The molecule has 4 aliphatic heterocycles. The standard InChI is InChI=1S/C34H36ClN5O7/c1-34(29-8-7-21(35)15-36-29)46-27-6-4-5-23(32(27)47-34)39-11-10-38(25-18-44-19-26(25)39)17-30-37-31-24(40(30)16-22-9-12-45-22)13-20(33(41)43-3)14-28(31)42-2/h4-8,13-15,22,25-26H,9-12,16-19H2,1-3H3/t22-,25+,26-,34+/m0/s1. The Balaban J connectivity index is 1.08. The second-order valence-corrected chi connectivity index (χ2v) is 12.8. The molecular formula is C34H36ClN5O7. The molecule has 0 amide bonds. The van der Waals surface area contributed by atoms with Crippen molar-refractivity contribution in [3.05, 3.63) is 70.8 Å². The fraction of sp³-hybridized carbons (Fsp3) is 0.441. The summed E-state index contributed by atoms with van der Waals surface area (Å²) in [4.78, 5) is 26.9. The Morgan fingerprint density at radius 3 is 2.70 bits per heavy atom. The van der Waals surface area contributed by atoms with Gasteiger partial charge in [0.25, 0.3) is 5.79 Å². The number of hydrogen-bond donors (Lipinski definition) is 0. The molecule has 4 atom stereocenters. The van der Waals surface area contributed by atoms with Gasteiger partial charge in [-0.1, -0.05) is 17.7 Å². The fourth-order valence-electron chi connectivity index (χ4n) is 7.10. The number of ether oxygens (including phenoxy) is 6. The molecule has 8 rings (SSSR count). The number of carbonyl (C=O) groups excluding carboxylic acids is 1. The van der Waals surface area contributed by atoms with Crippen LogP contribution in [0.25, 0.3) is 11.0 Å². The normalized spacial score (nSPS) is 25.1. The Morgan fingerprint density at radius 2 is 1.96 bits per heavy atom. The second kappa shape index (κ2) is 11.9. The summed E-state index contributed by atoms with van der Waals surface area (Å²) in [7, 11) is 2.97. The van der Waals surface area contributed by atoms with Crippen LogP contribution in [0, 0.1) is 0 Å². The van der Waals surface area contributed by atoms with E-state index in [0.29, 0.717) is 65.3 Å². The minimum atomic E-state index is -1.07. The molecule has 0 bridgehead atoms. The number of anilines is 1. The topological polar surface area (TPSA) is 110 Å². The molecule has 6 heterocycles. The number of nitrogens with zero attached hydrogens (tertiary/aromatic N) is 5. The third-order valence-electron chi connectivity index (χ3n) is 9.64. The lowest BCUT2D eigenvalue weighted by Crippen LogP contribution is -2.59. The molecule has 246 valence electrons. The largest absolute Gasteiger partial charge is 0.494 e. The van der Waals surface area contributed by atoms with Crippen LogP contribution in [0.4, 0.5) is 5.69 Å². The van der Waals surface area contributed by atoms with Crippen LogP contribution >= 0.6 is 11.6 Å². The number of esters is 1. The van der Waals surface area contributed by atoms with Crippen molar-refractivity contribution in [2.24, 2.45) is 0 Å². The van der Waals surface area contributed by atoms with E-state index < -0.39 is 11.8 Å². The summed E-state index contributed by atoms with van der Waals surface area (Å²) in [5.41, 5.74) is 3.56. The molecule has 4 aromatic rings. The summed E-state index contributed by atoms with van der Waals surface area (Å²) in [6.07, 6.45) is 2.67. The highest BCUT2D eigenvalue weighted by Crippen LogP contribution is 2.50. The summed E-state index contributed by atoms with van der Waals surface area (Å²) in [5, 5.41) is 0.552. The molecular weight excluding hydrogens is 626 g/mol. The third-order valence-corrected chi connectivity index (χ3v) is 9.87. The first-order valence-electron chi connectivity index (χ1n) is 15.8. The minimum absolute atomic E-state index is 0.0904. The van der Waals surface area contributed by atoms with Crippen LogP contribution in [0.2, 0.25) is 5.02 Å². The molecule has 2 aromatic heterocycles. The first-order chi connectivity index (χ1) is 22.8. The van der Waals surface area contributed by atoms with Crippen molar-refractivity contribution in [3.8, 4) is 17.2 Å². The van der Waals surface area contributed by atoms with E-state index in [1.807, 2.05) is 31.2 Å². The maximum absolute atomic E-state index is 12.5. The number of aromatic nitrogens is 3. The number of pyridine rings is 1. The average Bonchev–Trinajstić information content (AvgIpc) is 3.78. The summed E-state index contributed by atoms with van der Waals surface area (Å²) in [6, 6.07) is 13.3. The summed E-state index contributed by atoms with van der Waals surface area (Å²) < 4.78 is 37.7. The van der Waals surface area contributed by atoms with Gasteiger partial charge in [0.15, 0.2) is 11.5 Å². The molecule has 12 nitrogen and oxygen atoms in total. The molecule has 3 saturated heterocycles. The van der Waals surface area contributed by atoms with Gasteiger partial charge < -0.3 is 37.9 Å². The van der Waals surface area contributed by atoms with Crippen LogP contribution in [-0.2, 0) is 33.1 Å². The number of rotatable bonds is 8. The Labute approximate surface area is 277 Å². The van der Waals surface area contributed by atoms with E-state index in [-0.39, 0.29) is 18.2 Å². The molecule has 47 heavy (non-hydrogen) atoms. The lowest BCUT2D eigenvalue weighted by atomic mass is 10.0. The van der Waals surface area contributed by atoms with Crippen LogP contribution in [0.5, 0.6) is 17.2 Å². The Hall–Kier alpha value is -4.10. The van der Waals surface area contributed by atoms with Gasteiger partial charge in [0, 0.05) is 32.8 Å². The van der Waals surface area contributed by atoms with Crippen molar-refractivity contribution < 1.29 is 33.2 Å². The second-order valence-electron chi connectivity index (χ2n) is 12.4. The lowest BCUT2D eigenvalue weighted by molar-refractivity contribution is -0.0716. The van der Waals surface area contributed by atoms with Gasteiger partial charge in [0.1, 0.15) is 22.8 Å². The molecule has 3 fully saturated rings. The molecule has 4 aliphatic rings. The highest BCUT2D eigenvalue weighted by atomic mass is 35.5. The number of carbonyl (C=O) groups is 1. The number of benzene rings is 2. The molecule has 0 N–H and O–H groups in total. The number of fused-ring (bicyclic) bond motifs is 3. The fourth-order valence-corrected chi connectivity index (χ4v) is 7.21. The number of piperazine rings is 1. The van der Waals surface area contributed by atoms with Gasteiger partial charge in [0.05, 0.1) is 80.5 Å². The van der Waals surface area contributed by atoms with Crippen LogP contribution in [0.1, 0.15) is 35.2 Å². The van der Waals surface area contributed by atoms with Gasteiger partial charge in [-0.15, -0.1) is 0 Å². The smallest absolute Gasteiger partial charge is 0.338 e. The monoisotopic (exact) mass is 661 g/mol. The molecule has 0 radical (unpaired) electrons. The molecule has 0 spiro atoms. The van der Waals surface area contributed by atoms with Crippen molar-refractivity contribution in [3.63, 3.8) is 0 Å². The van der Waals surface area contributed by atoms with Crippen LogP contribution in [-0.4, -0.2) is 90.7 Å². The van der Waals surface area contributed by atoms with E-state index >= 15 is 0 Å². The van der Waals surface area contributed by atoms with Crippen LogP contribution < -0.4 is 19.1 Å². The zero-order chi connectivity index (χ0) is 32.3. The van der Waals surface area contributed by atoms with Gasteiger partial charge >= 0.3 is 5.97 Å². The number of halogens is 1. The zero-order valence-electron chi connectivity index (χ0n) is 26.5. The van der Waals surface area contributed by atoms with Gasteiger partial charge in [-0.3, -0.25) is 9.88 Å². The summed E-state index contributed by atoms with van der Waals surface area (Å²) >= 11 is 6.09. The lowest BCUT2D eigenvalue weighted by Gasteiger charge is -2.44. The van der Waals surface area contributed by atoms with Crippen LogP contribution in [0.3, 0.4) is 0 Å². The van der Waals surface area contributed by atoms with Gasteiger partial charge in [-0.2, -0.15) is 0 Å². The predicted octanol–water partition coefficient (Wildman–Crippen LogP) is 4.40. The van der Waals surface area contributed by atoms with Crippen molar-refractivity contribution >= 4 is 34.3 Å². The van der Waals surface area contributed by atoms with Crippen LogP contribution in [0.15, 0.2) is 48.7 Å². The molecule has 13 heteroatoms. The van der Waals surface area contributed by atoms with Crippen molar-refractivity contribution in [1.82, 2.24) is 19.4 Å². The minimum Gasteiger partial charge on any atom is -0.494 e. The number of hydrogen-bond acceptors (Lipinski definition) is 11. The third kappa shape index (κ3) is 5.23. The molecule has 0 saturated carbocycles. The quantitative estimate of drug-likeness (QED) is 0.251. The highest BCUT2D eigenvalue weighted by molar-refractivity contribution is 6.30. The summed E-state index contributed by atoms with van der Waals surface area (Å²) in [6.45, 7) is 6.57. The van der Waals surface area contributed by atoms with Crippen molar-refractivity contribution in [2.75, 3.05) is 52.0 Å². The molecule has 0 aliphatic carbocycles. The number of para-hydroxylation sites is 1. The van der Waals surface area contributed by atoms with Gasteiger partial charge in [-0.05, 0) is 42.8 Å². The van der Waals surface area contributed by atoms with Crippen molar-refractivity contribution in [2.45, 2.75) is 50.4 Å². The maximum atomic E-state index is 12.5. The first-order valence-corrected chi connectivity index (χ1v) is 16.2. The van der Waals surface area contributed by atoms with E-state index in [4.69, 9.17) is 45.0 Å². The first kappa shape index (κ1) is 30.2. The van der Waals surface area contributed by atoms with E-state index in [9.17, 15) is 4.79 Å². The average molecular weight is 662 g/mol. The SMILES string of the molecule is COC(=O)c1cc(OC)c2nc(CN3CCN(c4cccc5c4O[C@](C)(c4ccc(Cl)cn4)O5)[C@H]4COC[C@H]43)n(C[C@@H]3CCO3)c2c1. The van der Waals surface area contributed by atoms with E-state index in [2.05, 4.69) is 25.4 Å². The van der Waals surface area contributed by atoms with Gasteiger partial charge in [-0.25, -0.2) is 9.78 Å². The Morgan fingerprint density at radius 1 is 1.11 bits per heavy atom. The van der Waals surface area contributed by atoms with E-state index in [0.717, 1.165) is 43.1 Å². The van der Waals surface area contributed by atoms with E-state index in [1.165, 1.54) is 7.11 Å². The number of methoxy groups -OCH3 is 2. The maximum Gasteiger partial charge on any atom is 0.338 e. The Kier molecular flexibility index (Phi) is 7.63. The number of imidazole rings is 1.